The molecule has 2 aromatic heterocycles. The van der Waals surface area contributed by atoms with Crippen molar-refractivity contribution in [3.05, 3.63) is 68.8 Å². The largest absolute Gasteiger partial charge is 0.738 e. The third kappa shape index (κ3) is 2.09. The monoisotopic (exact) mass is 503 g/mol. The normalized spacial score (nSPS) is 18.5. The van der Waals surface area contributed by atoms with Crippen LogP contribution in [0, 0.1) is 0 Å². The van der Waals surface area contributed by atoms with Crippen LogP contribution < -0.4 is 0 Å². The van der Waals surface area contributed by atoms with Gasteiger partial charge in [-0.1, -0.05) is 0 Å². The lowest BCUT2D eigenvalue weighted by Gasteiger charge is -2.32. The average molecular weight is 506 g/mol. The van der Waals surface area contributed by atoms with Crippen LogP contribution in [-0.2, 0) is 0 Å². The molecule has 0 aromatic carbocycles. The Hall–Kier alpha value is -1.06. The number of hydrogen-bond donors (Lipinski definition) is 0. The second-order valence-electron chi connectivity index (χ2n) is 5.14. The van der Waals surface area contributed by atoms with Gasteiger partial charge < -0.3 is 17.6 Å². The molecule has 0 aliphatic carbocycles. The minimum absolute atomic E-state index is 0.339. The van der Waals surface area contributed by atoms with Crippen LogP contribution in [0.4, 0.5) is 8.63 Å². The van der Waals surface area contributed by atoms with E-state index in [1.165, 1.54) is 0 Å². The molecule has 2 aliphatic heterocycles. The predicted molar refractivity (Wildman–Crippen MR) is 96.8 cm³/mol. The van der Waals surface area contributed by atoms with Gasteiger partial charge in [-0.25, -0.2) is 0 Å². The van der Waals surface area contributed by atoms with Gasteiger partial charge in [-0.2, -0.15) is 0 Å². The van der Waals surface area contributed by atoms with Crippen molar-refractivity contribution in [2.24, 2.45) is 0 Å². The van der Waals surface area contributed by atoms with Gasteiger partial charge in [0, 0.05) is 56.2 Å². The summed E-state index contributed by atoms with van der Waals surface area (Å²) in [6, 6.07) is 5.15. The molecule has 0 bridgehead atoms. The van der Waals surface area contributed by atoms with Crippen molar-refractivity contribution in [1.29, 1.82) is 0 Å². The molecule has 0 atom stereocenters. The fraction of sp³-hybridized carbons (Fsp3) is 0. The molecule has 0 N–H and O–H groups in total. The summed E-state index contributed by atoms with van der Waals surface area (Å²) in [7, 11) is 0. The lowest BCUT2D eigenvalue weighted by atomic mass is 9.87. The number of aromatic nitrogens is 2. The van der Waals surface area contributed by atoms with Gasteiger partial charge >= 0.3 is 6.97 Å². The van der Waals surface area contributed by atoms with Crippen molar-refractivity contribution in [3.63, 3.8) is 0 Å². The summed E-state index contributed by atoms with van der Waals surface area (Å²) in [4.78, 5) is 4.05. The second kappa shape index (κ2) is 5.22. The van der Waals surface area contributed by atoms with Gasteiger partial charge in [0.25, 0.3) is 0 Å². The first-order valence-electron chi connectivity index (χ1n) is 6.66. The molecule has 4 heterocycles. The molecule has 9 heteroatoms. The topological polar surface area (TPSA) is 20.8 Å². The van der Waals surface area contributed by atoms with Crippen LogP contribution >= 0.6 is 47.8 Å². The van der Waals surface area contributed by atoms with E-state index in [9.17, 15) is 0 Å². The average Bonchev–Trinajstić information content (AvgIpc) is 3.06. The predicted octanol–water partition coefficient (Wildman–Crippen LogP) is 4.78. The van der Waals surface area contributed by atoms with Crippen LogP contribution in [0.25, 0.3) is 5.57 Å². The fourth-order valence-electron chi connectivity index (χ4n) is 2.99. The highest BCUT2D eigenvalue weighted by Gasteiger charge is 2.54. The van der Waals surface area contributed by atoms with E-state index in [1.54, 1.807) is 36.7 Å². The van der Waals surface area contributed by atoms with Gasteiger partial charge in [0.15, 0.2) is 5.70 Å². The standard InChI is InChI=1S/C14H7BBr3F2N3/c16-9-7-21-6-5-8(9)14-10-1-3-12(17)22(10)15(19,20)23-11(14)2-4-13(23)18/h1-7H. The fourth-order valence-corrected chi connectivity index (χ4v) is 4.57. The van der Waals surface area contributed by atoms with E-state index in [0.717, 1.165) is 24.6 Å². The molecule has 2 aliphatic rings. The van der Waals surface area contributed by atoms with E-state index in [1.807, 2.05) is 6.07 Å². The number of rotatable bonds is 1. The Kier molecular flexibility index (Phi) is 3.51. The Labute approximate surface area is 155 Å². The Morgan fingerprint density at radius 3 is 2.61 bits per heavy atom. The van der Waals surface area contributed by atoms with E-state index in [-0.39, 0.29) is 0 Å². The zero-order chi connectivity index (χ0) is 16.4. The Bertz CT molecular complexity index is 946. The van der Waals surface area contributed by atoms with E-state index in [0.29, 0.717) is 20.6 Å². The van der Waals surface area contributed by atoms with Crippen molar-refractivity contribution >= 4 is 65.0 Å². The number of nitrogens with zero attached hydrogens (tertiary/aromatic N) is 3. The summed E-state index contributed by atoms with van der Waals surface area (Å²) < 4.78 is 33.6. The highest BCUT2D eigenvalue weighted by Crippen LogP contribution is 2.43. The van der Waals surface area contributed by atoms with Crippen LogP contribution in [0.5, 0.6) is 0 Å². The van der Waals surface area contributed by atoms with Crippen LogP contribution in [0.3, 0.4) is 0 Å². The minimum Gasteiger partial charge on any atom is -0.389 e. The summed E-state index contributed by atoms with van der Waals surface area (Å²) >= 11 is 9.96. The van der Waals surface area contributed by atoms with Crippen molar-refractivity contribution in [2.45, 2.75) is 0 Å². The van der Waals surface area contributed by atoms with E-state index in [4.69, 9.17) is 0 Å². The van der Waals surface area contributed by atoms with Crippen molar-refractivity contribution < 1.29 is 13.1 Å². The van der Waals surface area contributed by atoms with Crippen molar-refractivity contribution in [2.75, 3.05) is 0 Å². The summed E-state index contributed by atoms with van der Waals surface area (Å²) in [5, 5.41) is 0. The van der Waals surface area contributed by atoms with Crippen LogP contribution in [0.1, 0.15) is 11.3 Å². The Balaban J connectivity index is 2.15. The molecule has 0 unspecified atom stereocenters. The lowest BCUT2D eigenvalue weighted by molar-refractivity contribution is -0.358. The van der Waals surface area contributed by atoms with E-state index < -0.39 is 6.97 Å². The molecule has 3 nitrogen and oxygen atoms in total. The zero-order valence-corrected chi connectivity index (χ0v) is 16.1. The summed E-state index contributed by atoms with van der Waals surface area (Å²) in [6.07, 6.45) is 6.65. The first kappa shape index (κ1) is 15.5. The van der Waals surface area contributed by atoms with Gasteiger partial charge in [-0.15, -0.1) is 0 Å². The number of halogens is 5. The molecule has 0 saturated carbocycles. The SMILES string of the molecule is F[B-]1(F)n2c(Br)ccc2C(c2ccncc2Br)=C2C=CC(Br)=[N+]21. The number of allylic oxidation sites excluding steroid dienone is 2. The first-order valence-corrected chi connectivity index (χ1v) is 9.04. The zero-order valence-electron chi connectivity index (χ0n) is 11.4. The molecule has 23 heavy (non-hydrogen) atoms. The lowest BCUT2D eigenvalue weighted by Crippen LogP contribution is -2.50. The molecular weight excluding hydrogens is 499 g/mol. The molecule has 0 spiro atoms. The third-order valence-electron chi connectivity index (χ3n) is 3.91. The van der Waals surface area contributed by atoms with Crippen molar-refractivity contribution in [3.8, 4) is 0 Å². The van der Waals surface area contributed by atoms with Crippen LogP contribution in [0.2, 0.25) is 0 Å². The van der Waals surface area contributed by atoms with E-state index in [2.05, 4.69) is 52.8 Å². The molecule has 116 valence electrons. The molecule has 0 fully saturated rings. The maximum Gasteiger partial charge on any atom is 0.738 e. The molecular formula is C14H7BBr3F2N3. The summed E-state index contributed by atoms with van der Waals surface area (Å²) in [6.45, 7) is -3.99. The van der Waals surface area contributed by atoms with Crippen LogP contribution in [0.15, 0.2) is 57.5 Å². The Morgan fingerprint density at radius 2 is 1.87 bits per heavy atom. The Morgan fingerprint density at radius 1 is 1.09 bits per heavy atom. The third-order valence-corrected chi connectivity index (χ3v) is 5.84. The smallest absolute Gasteiger partial charge is 0.389 e. The van der Waals surface area contributed by atoms with Gasteiger partial charge in [0.1, 0.15) is 0 Å². The van der Waals surface area contributed by atoms with Crippen molar-refractivity contribution in [1.82, 2.24) is 9.46 Å². The van der Waals surface area contributed by atoms with E-state index >= 15 is 8.63 Å². The number of hydrogen-bond acceptors (Lipinski definition) is 1. The quantitative estimate of drug-likeness (QED) is 0.511. The molecule has 2 aromatic rings. The maximum atomic E-state index is 15.1. The van der Waals surface area contributed by atoms with Gasteiger partial charge in [-0.05, 0) is 50.1 Å². The maximum absolute atomic E-state index is 15.1. The van der Waals surface area contributed by atoms with Gasteiger partial charge in [0.05, 0.1) is 10.2 Å². The minimum atomic E-state index is -3.99. The molecule has 4 rings (SSSR count). The summed E-state index contributed by atoms with van der Waals surface area (Å²) in [5.41, 5.74) is 2.47. The highest BCUT2D eigenvalue weighted by molar-refractivity contribution is 9.18. The van der Waals surface area contributed by atoms with Gasteiger partial charge in [0.2, 0.25) is 4.62 Å². The van der Waals surface area contributed by atoms with Crippen LogP contribution in [-0.4, -0.2) is 25.5 Å². The number of pyridine rings is 1. The molecule has 0 amide bonds. The second-order valence-corrected chi connectivity index (χ2v) is 7.62. The molecule has 0 radical (unpaired) electrons. The van der Waals surface area contributed by atoms with Gasteiger partial charge in [-0.3, -0.25) is 4.98 Å². The first-order chi connectivity index (χ1) is 10.9. The molecule has 0 saturated heterocycles. The highest BCUT2D eigenvalue weighted by atomic mass is 79.9. The number of fused-ring (bicyclic) bond motifs is 2. The summed E-state index contributed by atoms with van der Waals surface area (Å²) in [5.74, 6) is 0.